The van der Waals surface area contributed by atoms with E-state index in [2.05, 4.69) is 52.8 Å². The maximum Gasteiger partial charge on any atom is 0.386 e. The Labute approximate surface area is 273 Å². The number of nitrogens with one attached hydrogen (secondary N) is 1. The molecule has 3 saturated heterocycles. The third-order valence-electron chi connectivity index (χ3n) is 8.00. The summed E-state index contributed by atoms with van der Waals surface area (Å²) >= 11 is 9.68. The molecule has 22 nitrogen and oxygen atoms in total. The lowest BCUT2D eigenvalue weighted by molar-refractivity contribution is -0.128. The number of nitrogens with two attached hydrogens (primary N) is 2. The molecule has 3 aliphatic rings. The predicted molar refractivity (Wildman–Crippen MR) is 165 cm³/mol. The molecule has 7 rings (SSSR count). The molecule has 9 atom stereocenters. The van der Waals surface area contributed by atoms with E-state index in [1.807, 2.05) is 0 Å². The van der Waals surface area contributed by atoms with Crippen LogP contribution in [0.1, 0.15) is 32.2 Å². The average Bonchev–Trinajstić information content (AvgIpc) is 3.78. The van der Waals surface area contributed by atoms with Crippen molar-refractivity contribution in [3.63, 3.8) is 0 Å². The summed E-state index contributed by atoms with van der Waals surface area (Å²) in [5, 5.41) is 16.1. The topological polar surface area (TPSA) is 287 Å². The first kappa shape index (κ1) is 32.8. The van der Waals surface area contributed by atoms with Crippen LogP contribution in [-0.4, -0.2) is 105 Å². The van der Waals surface area contributed by atoms with Crippen molar-refractivity contribution < 1.29 is 41.8 Å². The second-order valence-electron chi connectivity index (χ2n) is 10.8. The van der Waals surface area contributed by atoms with Crippen molar-refractivity contribution in [2.45, 2.75) is 62.2 Å². The largest absolute Gasteiger partial charge is 0.386 e. The van der Waals surface area contributed by atoms with E-state index in [9.17, 15) is 14.3 Å². The van der Waals surface area contributed by atoms with E-state index < -0.39 is 68.2 Å². The van der Waals surface area contributed by atoms with Crippen molar-refractivity contribution >= 4 is 71.7 Å². The Morgan fingerprint density at radius 1 is 1.17 bits per heavy atom. The molecule has 0 spiro atoms. The van der Waals surface area contributed by atoms with Crippen molar-refractivity contribution in [2.24, 2.45) is 0 Å². The highest BCUT2D eigenvalue weighted by Crippen LogP contribution is 2.60. The normalized spacial score (nSPS) is 36.6. The van der Waals surface area contributed by atoms with Gasteiger partial charge in [0.25, 0.3) is 5.56 Å². The molecule has 2 unspecified atom stereocenters. The molecule has 254 valence electrons. The van der Waals surface area contributed by atoms with E-state index in [-0.39, 0.29) is 53.5 Å². The molecular weight excluding hydrogens is 706 g/mol. The SMILES string of the molecule is CC[C@@]12COP(O)(=S)O[C@@H]3C[C@@H](COP(=O)(S)O[C@H]1[C@@H](OC)[C@H](n1nnc4c(N)ncnc41)O2)O[C@H]3n1nnc2c(=O)[nH]c(N)nc21. The van der Waals surface area contributed by atoms with Gasteiger partial charge in [0, 0.05) is 13.5 Å². The minimum absolute atomic E-state index is 0.0145. The number of fused-ring (bicyclic) bond motifs is 5. The quantitative estimate of drug-likeness (QED) is 0.136. The molecule has 26 heteroatoms. The molecule has 3 aliphatic heterocycles. The maximum absolute atomic E-state index is 13.8. The number of rotatable bonds is 4. The van der Waals surface area contributed by atoms with Crippen LogP contribution >= 0.6 is 25.8 Å². The first-order chi connectivity index (χ1) is 22.3. The third kappa shape index (κ3) is 5.85. The Morgan fingerprint density at radius 2 is 1.91 bits per heavy atom. The molecule has 0 radical (unpaired) electrons. The Kier molecular flexibility index (Phi) is 8.37. The molecule has 7 heterocycles. The number of ether oxygens (including phenoxy) is 3. The molecular formula is C21H28N12O10P2S2. The fourth-order valence-electron chi connectivity index (χ4n) is 5.77. The van der Waals surface area contributed by atoms with Gasteiger partial charge in [-0.05, 0) is 18.2 Å². The van der Waals surface area contributed by atoms with Gasteiger partial charge >= 0.3 is 13.5 Å². The number of anilines is 2. The third-order valence-corrected chi connectivity index (χ3v) is 11.2. The van der Waals surface area contributed by atoms with Crippen molar-refractivity contribution in [3.8, 4) is 0 Å². The Bertz CT molecular complexity index is 2000. The molecule has 0 aromatic carbocycles. The average molecular weight is 735 g/mol. The van der Waals surface area contributed by atoms with E-state index in [0.29, 0.717) is 0 Å². The van der Waals surface area contributed by atoms with Crippen LogP contribution in [0.3, 0.4) is 0 Å². The van der Waals surface area contributed by atoms with Crippen molar-refractivity contribution in [1.82, 2.24) is 49.9 Å². The maximum atomic E-state index is 13.8. The van der Waals surface area contributed by atoms with Crippen LogP contribution in [0.25, 0.3) is 22.3 Å². The van der Waals surface area contributed by atoms with Crippen LogP contribution in [0.5, 0.6) is 0 Å². The minimum atomic E-state index is -4.21. The molecule has 47 heavy (non-hydrogen) atoms. The number of hydrogen-bond acceptors (Lipinski definition) is 19. The van der Waals surface area contributed by atoms with E-state index in [4.69, 9.17) is 55.6 Å². The van der Waals surface area contributed by atoms with Crippen molar-refractivity contribution in [2.75, 3.05) is 31.8 Å². The van der Waals surface area contributed by atoms with Crippen LogP contribution in [0.15, 0.2) is 11.1 Å². The van der Waals surface area contributed by atoms with E-state index in [0.717, 1.165) is 0 Å². The molecule has 4 aromatic heterocycles. The van der Waals surface area contributed by atoms with Gasteiger partial charge in [0.2, 0.25) is 5.95 Å². The number of nitrogens with zero attached hydrogens (tertiary/aromatic N) is 9. The zero-order chi connectivity index (χ0) is 33.3. The lowest BCUT2D eigenvalue weighted by Gasteiger charge is -2.35. The van der Waals surface area contributed by atoms with Crippen LogP contribution in [0, 0.1) is 0 Å². The van der Waals surface area contributed by atoms with Crippen LogP contribution in [-0.2, 0) is 48.7 Å². The summed E-state index contributed by atoms with van der Waals surface area (Å²) in [6.45, 7) is -7.31. The number of hydrogen-bond donors (Lipinski definition) is 5. The highest BCUT2D eigenvalue weighted by molar-refractivity contribution is 8.44. The summed E-state index contributed by atoms with van der Waals surface area (Å²) in [5.41, 5.74) is 9.89. The van der Waals surface area contributed by atoms with Crippen LogP contribution < -0.4 is 17.0 Å². The highest BCUT2D eigenvalue weighted by Gasteiger charge is 2.60. The van der Waals surface area contributed by atoms with Gasteiger partial charge in [-0.2, -0.15) is 14.3 Å². The standard InChI is InChI=1S/C21H28N12O10P2S2/c1-3-21-6-39-45(36,47)42-9-4-8(40-18(9)33-16-11(29-31-33)17(34)27-20(23)26-16)5-38-44(35,46)43-13(21)12(37-2)19(41-21)32-15-10(28-30-32)14(22)24-7-25-15/h7-9,12-13,18-19H,3-6H2,1-2H3,(H,35,46)(H,36,47)(H2,22,24,25)(H3,23,26,27,34)/t8-,9+,12+,13-,18+,19+,21+,44?,45?/m0/s1. The van der Waals surface area contributed by atoms with Gasteiger partial charge in [-0.1, -0.05) is 29.6 Å². The summed E-state index contributed by atoms with van der Waals surface area (Å²) < 4.78 is 58.3. The second-order valence-corrected chi connectivity index (χ2v) is 16.5. The molecule has 0 aliphatic carbocycles. The highest BCUT2D eigenvalue weighted by atomic mass is 32.7. The monoisotopic (exact) mass is 734 g/mol. The van der Waals surface area contributed by atoms with E-state index >= 15 is 0 Å². The molecule has 6 N–H and O–H groups in total. The van der Waals surface area contributed by atoms with Gasteiger partial charge in [0.05, 0.1) is 19.3 Å². The van der Waals surface area contributed by atoms with Gasteiger partial charge in [0.15, 0.2) is 40.6 Å². The number of H-pyrrole nitrogens is 1. The first-order valence-corrected chi connectivity index (χ1v) is 19.2. The fourth-order valence-corrected chi connectivity index (χ4v) is 8.75. The zero-order valence-electron chi connectivity index (χ0n) is 24.4. The number of methoxy groups -OCH3 is 1. The minimum Gasteiger partial charge on any atom is -0.382 e. The fraction of sp³-hybridized carbons (Fsp3) is 0.619. The Hall–Kier alpha value is -2.73. The number of aromatic amines is 1. The number of thiol groups is 1. The molecule has 0 amide bonds. The molecule has 0 saturated carbocycles. The lowest BCUT2D eigenvalue weighted by Crippen LogP contribution is -2.48. The van der Waals surface area contributed by atoms with Gasteiger partial charge in [0.1, 0.15) is 30.2 Å². The van der Waals surface area contributed by atoms with Crippen LogP contribution in [0.2, 0.25) is 0 Å². The van der Waals surface area contributed by atoms with E-state index in [1.165, 1.54) is 22.8 Å². The lowest BCUT2D eigenvalue weighted by atomic mass is 9.93. The summed E-state index contributed by atoms with van der Waals surface area (Å²) in [4.78, 5) is 38.3. The van der Waals surface area contributed by atoms with E-state index in [1.54, 1.807) is 6.92 Å². The molecule has 4 aromatic rings. The zero-order valence-corrected chi connectivity index (χ0v) is 27.9. The van der Waals surface area contributed by atoms with Gasteiger partial charge in [-0.25, -0.2) is 14.5 Å². The van der Waals surface area contributed by atoms with Crippen molar-refractivity contribution in [3.05, 3.63) is 16.7 Å². The Balaban J connectivity index is 1.24. The smallest absolute Gasteiger partial charge is 0.382 e. The number of aromatic nitrogens is 10. The summed E-state index contributed by atoms with van der Waals surface area (Å²) in [7, 11) is 1.39. The second kappa shape index (κ2) is 12.0. The molecule has 2 bridgehead atoms. The predicted octanol–water partition coefficient (Wildman–Crippen LogP) is -0.0341. The molecule has 3 fully saturated rings. The first-order valence-electron chi connectivity index (χ1n) is 13.9. The number of nitrogen functional groups attached to an aromatic ring is 2. The van der Waals surface area contributed by atoms with Crippen LogP contribution in [0.4, 0.5) is 11.8 Å². The van der Waals surface area contributed by atoms with Gasteiger partial charge in [-0.3, -0.25) is 18.8 Å². The van der Waals surface area contributed by atoms with Gasteiger partial charge < -0.3 is 39.6 Å². The summed E-state index contributed by atoms with van der Waals surface area (Å²) in [6, 6.07) is 0. The Morgan fingerprint density at radius 3 is 2.66 bits per heavy atom. The summed E-state index contributed by atoms with van der Waals surface area (Å²) in [6.07, 6.45) is -4.85. The summed E-state index contributed by atoms with van der Waals surface area (Å²) in [5.74, 6) is -0.0993. The van der Waals surface area contributed by atoms with Gasteiger partial charge in [-0.15, -0.1) is 10.2 Å². The van der Waals surface area contributed by atoms with Crippen molar-refractivity contribution in [1.29, 1.82) is 0 Å².